The first kappa shape index (κ1) is 15.6. The largest absolute Gasteiger partial charge is 0.491 e. The standard InChI is InChI=1S/C18H21NO4/c1-13(14-5-3-2-4-6-14)19-10-15(20)11-21-16-7-8-17-18(9-16)23-12-22-17/h2-9,13,15,19-20H,10-12H2,1H3/p+1/t13-,15-/m0/s1. The zero-order valence-electron chi connectivity index (χ0n) is 13.1. The number of rotatable bonds is 7. The van der Waals surface area contributed by atoms with E-state index in [0.29, 0.717) is 24.1 Å². The van der Waals surface area contributed by atoms with Crippen molar-refractivity contribution in [2.24, 2.45) is 0 Å². The number of nitrogens with two attached hydrogens (primary N) is 1. The highest BCUT2D eigenvalue weighted by Gasteiger charge is 2.16. The number of quaternary nitrogens is 1. The van der Waals surface area contributed by atoms with E-state index in [4.69, 9.17) is 14.2 Å². The van der Waals surface area contributed by atoms with E-state index in [1.165, 1.54) is 5.56 Å². The van der Waals surface area contributed by atoms with Gasteiger partial charge < -0.3 is 24.6 Å². The second-order valence-corrected chi connectivity index (χ2v) is 5.65. The average Bonchev–Trinajstić information content (AvgIpc) is 3.06. The molecule has 1 aliphatic rings. The normalized spacial score (nSPS) is 15.2. The summed E-state index contributed by atoms with van der Waals surface area (Å²) < 4.78 is 16.2. The van der Waals surface area contributed by atoms with E-state index in [1.54, 1.807) is 6.07 Å². The highest BCUT2D eigenvalue weighted by Crippen LogP contribution is 2.35. The topological polar surface area (TPSA) is 64.5 Å². The molecule has 0 aromatic heterocycles. The van der Waals surface area contributed by atoms with E-state index >= 15 is 0 Å². The van der Waals surface area contributed by atoms with Gasteiger partial charge in [-0.2, -0.15) is 0 Å². The van der Waals surface area contributed by atoms with Crippen molar-refractivity contribution in [1.29, 1.82) is 0 Å². The van der Waals surface area contributed by atoms with Crippen LogP contribution >= 0.6 is 0 Å². The van der Waals surface area contributed by atoms with E-state index in [-0.39, 0.29) is 13.4 Å². The lowest BCUT2D eigenvalue weighted by atomic mass is 10.1. The van der Waals surface area contributed by atoms with Gasteiger partial charge in [0, 0.05) is 11.6 Å². The Kier molecular flexibility index (Phi) is 5.00. The van der Waals surface area contributed by atoms with Crippen molar-refractivity contribution in [3.05, 3.63) is 54.1 Å². The molecule has 0 saturated heterocycles. The summed E-state index contributed by atoms with van der Waals surface area (Å²) in [4.78, 5) is 0. The van der Waals surface area contributed by atoms with Crippen LogP contribution in [0.5, 0.6) is 17.2 Å². The Morgan fingerprint density at radius 2 is 1.91 bits per heavy atom. The number of fused-ring (bicyclic) bond motifs is 1. The van der Waals surface area contributed by atoms with E-state index in [9.17, 15) is 5.11 Å². The molecule has 2 atom stereocenters. The monoisotopic (exact) mass is 316 g/mol. The van der Waals surface area contributed by atoms with Gasteiger partial charge in [-0.1, -0.05) is 30.3 Å². The van der Waals surface area contributed by atoms with Crippen LogP contribution in [0.2, 0.25) is 0 Å². The summed E-state index contributed by atoms with van der Waals surface area (Å²) in [5.74, 6) is 2.08. The molecule has 5 nitrogen and oxygen atoms in total. The van der Waals surface area contributed by atoms with Crippen LogP contribution in [0.15, 0.2) is 48.5 Å². The Labute approximate surface area is 135 Å². The third-order valence-corrected chi connectivity index (χ3v) is 3.87. The van der Waals surface area contributed by atoms with E-state index in [1.807, 2.05) is 30.3 Å². The average molecular weight is 316 g/mol. The highest BCUT2D eigenvalue weighted by molar-refractivity contribution is 5.46. The van der Waals surface area contributed by atoms with Crippen molar-refractivity contribution >= 4 is 0 Å². The van der Waals surface area contributed by atoms with E-state index < -0.39 is 6.10 Å². The molecule has 3 N–H and O–H groups in total. The van der Waals surface area contributed by atoms with Crippen LogP contribution in [0.25, 0.3) is 0 Å². The van der Waals surface area contributed by atoms with Crippen LogP contribution in [0.1, 0.15) is 18.5 Å². The van der Waals surface area contributed by atoms with Gasteiger partial charge in [-0.25, -0.2) is 0 Å². The van der Waals surface area contributed by atoms with E-state index in [2.05, 4.69) is 24.4 Å². The maximum Gasteiger partial charge on any atom is 0.231 e. The fourth-order valence-corrected chi connectivity index (χ4v) is 2.48. The second kappa shape index (κ2) is 7.35. The van der Waals surface area contributed by atoms with Crippen molar-refractivity contribution in [2.75, 3.05) is 19.9 Å². The molecule has 1 heterocycles. The number of aliphatic hydroxyl groups excluding tert-OH is 1. The summed E-state index contributed by atoms with van der Waals surface area (Å²) in [5.41, 5.74) is 1.25. The van der Waals surface area contributed by atoms with Gasteiger partial charge >= 0.3 is 0 Å². The molecule has 0 aliphatic carbocycles. The number of hydrogen-bond acceptors (Lipinski definition) is 4. The molecule has 0 spiro atoms. The Balaban J connectivity index is 1.44. The van der Waals surface area contributed by atoms with Crippen LogP contribution in [0.3, 0.4) is 0 Å². The maximum absolute atomic E-state index is 10.1. The lowest BCUT2D eigenvalue weighted by Gasteiger charge is -2.15. The van der Waals surface area contributed by atoms with Crippen LogP contribution in [-0.4, -0.2) is 31.2 Å². The first-order chi connectivity index (χ1) is 11.2. The molecule has 3 rings (SSSR count). The van der Waals surface area contributed by atoms with Gasteiger partial charge in [-0.3, -0.25) is 0 Å². The Morgan fingerprint density at radius 1 is 1.13 bits per heavy atom. The fourth-order valence-electron chi connectivity index (χ4n) is 2.48. The Hall–Kier alpha value is -2.24. The molecule has 1 aliphatic heterocycles. The third kappa shape index (κ3) is 4.15. The van der Waals surface area contributed by atoms with Crippen LogP contribution in [0, 0.1) is 0 Å². The van der Waals surface area contributed by atoms with Crippen molar-refractivity contribution in [3.8, 4) is 17.2 Å². The first-order valence-electron chi connectivity index (χ1n) is 7.81. The quantitative estimate of drug-likeness (QED) is 0.812. The van der Waals surface area contributed by atoms with Crippen molar-refractivity contribution in [1.82, 2.24) is 0 Å². The summed E-state index contributed by atoms with van der Waals surface area (Å²) in [5, 5.41) is 12.2. The Bertz CT molecular complexity index is 632. The number of benzene rings is 2. The van der Waals surface area contributed by atoms with Crippen LogP contribution < -0.4 is 19.5 Å². The minimum atomic E-state index is -0.536. The number of aliphatic hydroxyl groups is 1. The molecule has 5 heteroatoms. The fraction of sp³-hybridized carbons (Fsp3) is 0.333. The number of hydrogen-bond donors (Lipinski definition) is 2. The van der Waals surface area contributed by atoms with Gasteiger partial charge in [-0.15, -0.1) is 0 Å². The van der Waals surface area contributed by atoms with Crippen molar-refractivity contribution < 1.29 is 24.6 Å². The zero-order chi connectivity index (χ0) is 16.1. The molecule has 0 fully saturated rings. The molecule has 23 heavy (non-hydrogen) atoms. The minimum absolute atomic E-state index is 0.244. The first-order valence-corrected chi connectivity index (χ1v) is 7.81. The van der Waals surface area contributed by atoms with Gasteiger partial charge in [0.1, 0.15) is 31.0 Å². The predicted octanol–water partition coefficient (Wildman–Crippen LogP) is 1.48. The molecule has 0 bridgehead atoms. The highest BCUT2D eigenvalue weighted by atomic mass is 16.7. The zero-order valence-corrected chi connectivity index (χ0v) is 13.1. The molecule has 0 amide bonds. The molecule has 2 aromatic carbocycles. The molecule has 122 valence electrons. The molecule has 0 unspecified atom stereocenters. The summed E-state index contributed by atoms with van der Waals surface area (Å²) in [7, 11) is 0. The van der Waals surface area contributed by atoms with Gasteiger partial charge in [0.15, 0.2) is 11.5 Å². The predicted molar refractivity (Wildman–Crippen MR) is 85.7 cm³/mol. The summed E-state index contributed by atoms with van der Waals surface area (Å²) in [6, 6.07) is 16.0. The van der Waals surface area contributed by atoms with Crippen LogP contribution in [0.4, 0.5) is 0 Å². The molecular weight excluding hydrogens is 294 g/mol. The van der Waals surface area contributed by atoms with Gasteiger partial charge in [0.05, 0.1) is 0 Å². The molecule has 2 aromatic rings. The van der Waals surface area contributed by atoms with Gasteiger partial charge in [0.2, 0.25) is 6.79 Å². The molecule has 0 radical (unpaired) electrons. The molecule has 0 saturated carbocycles. The second-order valence-electron chi connectivity index (χ2n) is 5.65. The summed E-state index contributed by atoms with van der Waals surface area (Å²) >= 11 is 0. The third-order valence-electron chi connectivity index (χ3n) is 3.87. The van der Waals surface area contributed by atoms with E-state index in [0.717, 1.165) is 5.75 Å². The van der Waals surface area contributed by atoms with Crippen molar-refractivity contribution in [2.45, 2.75) is 19.1 Å². The summed E-state index contributed by atoms with van der Waals surface area (Å²) in [6.07, 6.45) is -0.536. The Morgan fingerprint density at radius 3 is 2.74 bits per heavy atom. The SMILES string of the molecule is C[C@H]([NH2+]C[C@H](O)COc1ccc2c(c1)OCO2)c1ccccc1. The van der Waals surface area contributed by atoms with Crippen molar-refractivity contribution in [3.63, 3.8) is 0 Å². The number of ether oxygens (including phenoxy) is 3. The van der Waals surface area contributed by atoms with Gasteiger partial charge in [0.25, 0.3) is 0 Å². The van der Waals surface area contributed by atoms with Gasteiger partial charge in [-0.05, 0) is 19.1 Å². The lowest BCUT2D eigenvalue weighted by molar-refractivity contribution is -0.698. The maximum atomic E-state index is 10.1. The minimum Gasteiger partial charge on any atom is -0.491 e. The molecular formula is C18H22NO4+. The smallest absolute Gasteiger partial charge is 0.231 e. The van der Waals surface area contributed by atoms with Crippen LogP contribution in [-0.2, 0) is 0 Å². The lowest BCUT2D eigenvalue weighted by Crippen LogP contribution is -2.87. The summed E-state index contributed by atoms with van der Waals surface area (Å²) in [6.45, 7) is 3.20.